The van der Waals surface area contributed by atoms with Crippen molar-refractivity contribution in [3.8, 4) is 11.8 Å². The zero-order chi connectivity index (χ0) is 15.8. The van der Waals surface area contributed by atoms with Crippen LogP contribution in [0.3, 0.4) is 0 Å². The molecule has 0 aliphatic rings. The molecule has 1 aromatic heterocycles. The molecule has 2 rings (SSSR count). The fourth-order valence-corrected chi connectivity index (χ4v) is 1.67. The number of anilines is 1. The average molecular weight is 298 g/mol. The van der Waals surface area contributed by atoms with E-state index in [1.54, 1.807) is 19.2 Å². The molecule has 1 N–H and O–H groups in total. The first-order chi connectivity index (χ1) is 10.7. The van der Waals surface area contributed by atoms with Gasteiger partial charge in [0.2, 0.25) is 0 Å². The number of hydrogen-bond acceptors (Lipinski definition) is 6. The van der Waals surface area contributed by atoms with E-state index in [0.29, 0.717) is 30.2 Å². The molecular weight excluding hydrogens is 284 g/mol. The topological polar surface area (TPSA) is 97.1 Å². The lowest BCUT2D eigenvalue weighted by molar-refractivity contribution is 0.102. The first-order valence-electron chi connectivity index (χ1n) is 6.48. The third-order valence-corrected chi connectivity index (χ3v) is 2.70. The summed E-state index contributed by atoms with van der Waals surface area (Å²) in [5.41, 5.74) is 1.00. The fourth-order valence-electron chi connectivity index (χ4n) is 1.67. The summed E-state index contributed by atoms with van der Waals surface area (Å²) in [5.74, 6) is 0.0436. The molecule has 0 fully saturated rings. The Hall–Kier alpha value is -2.98. The Morgan fingerprint density at radius 2 is 2.23 bits per heavy atom. The smallest absolute Gasteiger partial charge is 0.275 e. The monoisotopic (exact) mass is 298 g/mol. The van der Waals surface area contributed by atoms with Gasteiger partial charge in [-0.3, -0.25) is 9.78 Å². The normalized spacial score (nSPS) is 9.82. The molecule has 0 radical (unpaired) electrons. The van der Waals surface area contributed by atoms with Gasteiger partial charge in [-0.1, -0.05) is 0 Å². The minimum absolute atomic E-state index is 0.196. The largest absolute Gasteiger partial charge is 0.490 e. The average Bonchev–Trinajstić information content (AvgIpc) is 2.57. The number of nitriles is 1. The molecule has 112 valence electrons. The SMILES string of the molecule is COCCOc1ccc(NC(=O)c2cnccn2)cc1C#N. The molecular formula is C15H14N4O3. The summed E-state index contributed by atoms with van der Waals surface area (Å²) in [6, 6.07) is 6.84. The van der Waals surface area contributed by atoms with Gasteiger partial charge >= 0.3 is 0 Å². The molecule has 0 saturated carbocycles. The molecule has 0 unspecified atom stereocenters. The van der Waals surface area contributed by atoms with E-state index in [1.165, 1.54) is 24.7 Å². The van der Waals surface area contributed by atoms with Gasteiger partial charge in [-0.25, -0.2) is 4.98 Å². The lowest BCUT2D eigenvalue weighted by Crippen LogP contribution is -2.14. The Labute approximate surface area is 127 Å². The van der Waals surface area contributed by atoms with Gasteiger partial charge in [-0.05, 0) is 18.2 Å². The highest BCUT2D eigenvalue weighted by Gasteiger charge is 2.10. The predicted octanol–water partition coefficient (Wildman–Crippen LogP) is 1.63. The maximum absolute atomic E-state index is 12.0. The lowest BCUT2D eigenvalue weighted by atomic mass is 10.2. The van der Waals surface area contributed by atoms with E-state index in [4.69, 9.17) is 14.7 Å². The van der Waals surface area contributed by atoms with Crippen LogP contribution in [0, 0.1) is 11.3 Å². The van der Waals surface area contributed by atoms with Crippen LogP contribution in [0.5, 0.6) is 5.75 Å². The van der Waals surface area contributed by atoms with Crippen molar-refractivity contribution in [3.05, 3.63) is 48.0 Å². The Bertz CT molecular complexity index is 683. The van der Waals surface area contributed by atoms with Gasteiger partial charge in [0.05, 0.1) is 18.4 Å². The molecule has 22 heavy (non-hydrogen) atoms. The van der Waals surface area contributed by atoms with Crippen LogP contribution < -0.4 is 10.1 Å². The van der Waals surface area contributed by atoms with Crippen molar-refractivity contribution in [3.63, 3.8) is 0 Å². The zero-order valence-corrected chi connectivity index (χ0v) is 11.9. The number of ether oxygens (including phenoxy) is 2. The standard InChI is InChI=1S/C15H14N4O3/c1-21-6-7-22-14-3-2-12(8-11(14)9-16)19-15(20)13-10-17-4-5-18-13/h2-5,8,10H,6-7H2,1H3,(H,19,20). The zero-order valence-electron chi connectivity index (χ0n) is 11.9. The van der Waals surface area contributed by atoms with Crippen LogP contribution >= 0.6 is 0 Å². The second-order valence-electron chi connectivity index (χ2n) is 4.21. The molecule has 0 aliphatic carbocycles. The maximum atomic E-state index is 12.0. The first kappa shape index (κ1) is 15.4. The number of nitrogens with one attached hydrogen (secondary N) is 1. The highest BCUT2D eigenvalue weighted by Crippen LogP contribution is 2.22. The van der Waals surface area contributed by atoms with Gasteiger partial charge in [0.1, 0.15) is 24.1 Å². The van der Waals surface area contributed by atoms with Crippen molar-refractivity contribution in [2.75, 3.05) is 25.6 Å². The molecule has 0 atom stereocenters. The quantitative estimate of drug-likeness (QED) is 0.814. The van der Waals surface area contributed by atoms with E-state index >= 15 is 0 Å². The van der Waals surface area contributed by atoms with Crippen LogP contribution in [0.15, 0.2) is 36.8 Å². The lowest BCUT2D eigenvalue weighted by Gasteiger charge is -2.09. The Kier molecular flexibility index (Phi) is 5.40. The van der Waals surface area contributed by atoms with E-state index in [9.17, 15) is 4.79 Å². The van der Waals surface area contributed by atoms with Crippen LogP contribution in [-0.2, 0) is 4.74 Å². The van der Waals surface area contributed by atoms with E-state index in [0.717, 1.165) is 0 Å². The minimum Gasteiger partial charge on any atom is -0.490 e. The van der Waals surface area contributed by atoms with Gasteiger partial charge in [-0.2, -0.15) is 5.26 Å². The summed E-state index contributed by atoms with van der Waals surface area (Å²) in [5, 5.41) is 11.8. The van der Waals surface area contributed by atoms with Gasteiger partial charge in [0.15, 0.2) is 0 Å². The molecule has 0 aliphatic heterocycles. The number of nitrogens with zero attached hydrogens (tertiary/aromatic N) is 3. The van der Waals surface area contributed by atoms with E-state index < -0.39 is 5.91 Å². The number of rotatable bonds is 6. The predicted molar refractivity (Wildman–Crippen MR) is 78.5 cm³/mol. The van der Waals surface area contributed by atoms with Crippen LogP contribution in [0.2, 0.25) is 0 Å². The summed E-state index contributed by atoms with van der Waals surface area (Å²) in [6.07, 6.45) is 4.28. The third-order valence-electron chi connectivity index (χ3n) is 2.70. The summed E-state index contributed by atoms with van der Waals surface area (Å²) >= 11 is 0. The Balaban J connectivity index is 2.09. The van der Waals surface area contributed by atoms with Crippen LogP contribution in [0.4, 0.5) is 5.69 Å². The fraction of sp³-hybridized carbons (Fsp3) is 0.200. The number of benzene rings is 1. The minimum atomic E-state index is -0.398. The molecule has 0 saturated heterocycles. The maximum Gasteiger partial charge on any atom is 0.275 e. The molecule has 7 nitrogen and oxygen atoms in total. The number of aromatic nitrogens is 2. The van der Waals surface area contributed by atoms with Crippen molar-refractivity contribution in [1.82, 2.24) is 9.97 Å². The molecule has 2 aromatic rings. The van der Waals surface area contributed by atoms with E-state index in [-0.39, 0.29) is 5.69 Å². The van der Waals surface area contributed by atoms with Gasteiger partial charge in [0.25, 0.3) is 5.91 Å². The van der Waals surface area contributed by atoms with E-state index in [2.05, 4.69) is 15.3 Å². The summed E-state index contributed by atoms with van der Waals surface area (Å²) in [4.78, 5) is 19.7. The summed E-state index contributed by atoms with van der Waals surface area (Å²) in [7, 11) is 1.57. The van der Waals surface area contributed by atoms with Crippen molar-refractivity contribution in [2.45, 2.75) is 0 Å². The molecule has 1 heterocycles. The number of amides is 1. The molecule has 1 amide bonds. The highest BCUT2D eigenvalue weighted by atomic mass is 16.5. The molecule has 1 aromatic carbocycles. The second kappa shape index (κ2) is 7.71. The van der Waals surface area contributed by atoms with Crippen molar-refractivity contribution in [1.29, 1.82) is 5.26 Å². The van der Waals surface area contributed by atoms with Gasteiger partial charge < -0.3 is 14.8 Å². The van der Waals surface area contributed by atoms with Crippen LogP contribution in [0.25, 0.3) is 0 Å². The number of carbonyl (C=O) groups is 1. The summed E-state index contributed by atoms with van der Waals surface area (Å²) < 4.78 is 10.3. The number of carbonyl (C=O) groups excluding carboxylic acids is 1. The third kappa shape index (κ3) is 4.01. The molecule has 0 bridgehead atoms. The molecule has 7 heteroatoms. The number of methoxy groups -OCH3 is 1. The number of hydrogen-bond donors (Lipinski definition) is 1. The van der Waals surface area contributed by atoms with Gasteiger partial charge in [-0.15, -0.1) is 0 Å². The van der Waals surface area contributed by atoms with Gasteiger partial charge in [0, 0.05) is 25.2 Å². The summed E-state index contributed by atoms with van der Waals surface area (Å²) in [6.45, 7) is 0.770. The van der Waals surface area contributed by atoms with Crippen LogP contribution in [0.1, 0.15) is 16.1 Å². The highest BCUT2D eigenvalue weighted by molar-refractivity contribution is 6.02. The molecule has 0 spiro atoms. The van der Waals surface area contributed by atoms with Crippen molar-refractivity contribution in [2.24, 2.45) is 0 Å². The van der Waals surface area contributed by atoms with Crippen molar-refractivity contribution < 1.29 is 14.3 Å². The first-order valence-corrected chi connectivity index (χ1v) is 6.48. The second-order valence-corrected chi connectivity index (χ2v) is 4.21. The van der Waals surface area contributed by atoms with Crippen molar-refractivity contribution >= 4 is 11.6 Å². The Morgan fingerprint density at radius 1 is 1.36 bits per heavy atom. The van der Waals surface area contributed by atoms with E-state index in [1.807, 2.05) is 6.07 Å². The Morgan fingerprint density at radius 3 is 2.91 bits per heavy atom. The van der Waals surface area contributed by atoms with Crippen LogP contribution in [-0.4, -0.2) is 36.2 Å².